The van der Waals surface area contributed by atoms with Crippen LogP contribution in [-0.4, -0.2) is 42.4 Å². The third-order valence-corrected chi connectivity index (χ3v) is 5.37. The van der Waals surface area contributed by atoms with E-state index in [1.807, 2.05) is 0 Å². The van der Waals surface area contributed by atoms with Crippen LogP contribution in [-0.2, 0) is 14.3 Å². The molecule has 1 aliphatic heterocycles. The lowest BCUT2D eigenvalue weighted by atomic mass is 10.2. The lowest BCUT2D eigenvalue weighted by Crippen LogP contribution is -2.32. The summed E-state index contributed by atoms with van der Waals surface area (Å²) in [6, 6.07) is 12.2. The highest BCUT2D eigenvalue weighted by atomic mass is 32.2. The second kappa shape index (κ2) is 8.87. The fourth-order valence-corrected chi connectivity index (χ4v) is 3.77. The average molecular weight is 415 g/mol. The number of hydrogen-bond acceptors (Lipinski definition) is 6. The first kappa shape index (κ1) is 20.5. The molecule has 2 aromatic rings. The van der Waals surface area contributed by atoms with Crippen LogP contribution in [0.4, 0.5) is 15.8 Å². The Kier molecular flexibility index (Phi) is 6.28. The summed E-state index contributed by atoms with van der Waals surface area (Å²) in [4.78, 5) is 41.5. The van der Waals surface area contributed by atoms with Crippen molar-refractivity contribution in [3.63, 3.8) is 0 Å². The predicted octanol–water partition coefficient (Wildman–Crippen LogP) is 3.08. The van der Waals surface area contributed by atoms with E-state index < -0.39 is 28.9 Å². The SMILES string of the molecule is CN=C(Nc1ccc(C(=O)OC)cc1)S[C@H]1CC(=O)N(c2ccccc2F)C1=O. The van der Waals surface area contributed by atoms with Gasteiger partial charge in [0, 0.05) is 19.2 Å². The van der Waals surface area contributed by atoms with Crippen molar-refractivity contribution >= 4 is 46.1 Å². The van der Waals surface area contributed by atoms with Gasteiger partial charge in [-0.25, -0.2) is 14.1 Å². The second-order valence-corrected chi connectivity index (χ2v) is 7.24. The fourth-order valence-electron chi connectivity index (χ4n) is 2.79. The molecule has 0 radical (unpaired) electrons. The van der Waals surface area contributed by atoms with Crippen molar-refractivity contribution in [2.45, 2.75) is 11.7 Å². The number of amides is 2. The van der Waals surface area contributed by atoms with Gasteiger partial charge in [0.2, 0.25) is 11.8 Å². The molecule has 0 aliphatic carbocycles. The van der Waals surface area contributed by atoms with Gasteiger partial charge in [-0.05, 0) is 36.4 Å². The molecule has 1 atom stereocenters. The topological polar surface area (TPSA) is 88.1 Å². The molecule has 0 spiro atoms. The number of para-hydroxylation sites is 1. The van der Waals surface area contributed by atoms with Gasteiger partial charge in [0.1, 0.15) is 11.1 Å². The van der Waals surface area contributed by atoms with Crippen LogP contribution in [0.3, 0.4) is 0 Å². The van der Waals surface area contributed by atoms with E-state index in [0.717, 1.165) is 16.7 Å². The quantitative estimate of drug-likeness (QED) is 0.357. The van der Waals surface area contributed by atoms with Crippen LogP contribution in [0.25, 0.3) is 0 Å². The van der Waals surface area contributed by atoms with Gasteiger partial charge in [-0.15, -0.1) is 0 Å². The third-order valence-electron chi connectivity index (χ3n) is 4.21. The van der Waals surface area contributed by atoms with Crippen LogP contribution < -0.4 is 10.2 Å². The number of thioether (sulfide) groups is 1. The number of hydrogen-bond donors (Lipinski definition) is 1. The zero-order valence-corrected chi connectivity index (χ0v) is 16.5. The number of carbonyl (C=O) groups is 3. The van der Waals surface area contributed by atoms with Crippen LogP contribution in [0.5, 0.6) is 0 Å². The molecule has 2 amide bonds. The molecule has 3 rings (SSSR count). The molecule has 0 unspecified atom stereocenters. The monoisotopic (exact) mass is 415 g/mol. The molecular weight excluding hydrogens is 397 g/mol. The molecular formula is C20H18FN3O4S. The number of nitrogens with zero attached hydrogens (tertiary/aromatic N) is 2. The number of nitrogens with one attached hydrogen (secondary N) is 1. The van der Waals surface area contributed by atoms with Gasteiger partial charge in [0.25, 0.3) is 0 Å². The largest absolute Gasteiger partial charge is 0.465 e. The first-order valence-electron chi connectivity index (χ1n) is 8.64. The summed E-state index contributed by atoms with van der Waals surface area (Å²) in [6.07, 6.45) is -0.0557. The van der Waals surface area contributed by atoms with E-state index in [1.165, 1.54) is 25.3 Å². The molecule has 0 bridgehead atoms. The van der Waals surface area contributed by atoms with Crippen molar-refractivity contribution in [3.05, 3.63) is 59.9 Å². The highest BCUT2D eigenvalue weighted by Crippen LogP contribution is 2.32. The van der Waals surface area contributed by atoms with Crippen LogP contribution in [0, 0.1) is 5.82 Å². The van der Waals surface area contributed by atoms with Crippen molar-refractivity contribution in [2.75, 3.05) is 24.4 Å². The number of aliphatic imine (C=N–C) groups is 1. The molecule has 2 aromatic carbocycles. The Bertz CT molecular complexity index is 978. The highest BCUT2D eigenvalue weighted by molar-refractivity contribution is 8.15. The maximum absolute atomic E-state index is 14.0. The molecule has 0 aromatic heterocycles. The standard InChI is InChI=1S/C20H18FN3O4S/c1-22-20(23-13-9-7-12(8-10-13)19(27)28-2)29-16-11-17(25)24(18(16)26)15-6-4-3-5-14(15)21/h3-10,16H,11H2,1-2H3,(H,22,23)/t16-/m0/s1. The number of esters is 1. The smallest absolute Gasteiger partial charge is 0.337 e. The van der Waals surface area contributed by atoms with E-state index in [-0.39, 0.29) is 12.1 Å². The molecule has 1 heterocycles. The first-order chi connectivity index (χ1) is 13.9. The average Bonchev–Trinajstić information content (AvgIpc) is 3.00. The van der Waals surface area contributed by atoms with Gasteiger partial charge in [0.05, 0.1) is 18.4 Å². The maximum Gasteiger partial charge on any atom is 0.337 e. The molecule has 1 saturated heterocycles. The zero-order valence-electron chi connectivity index (χ0n) is 15.7. The number of rotatable bonds is 4. The normalized spacial score (nSPS) is 16.9. The van der Waals surface area contributed by atoms with Gasteiger partial charge in [0.15, 0.2) is 5.17 Å². The lowest BCUT2D eigenvalue weighted by molar-refractivity contribution is -0.121. The first-order valence-corrected chi connectivity index (χ1v) is 9.52. The highest BCUT2D eigenvalue weighted by Gasteiger charge is 2.41. The lowest BCUT2D eigenvalue weighted by Gasteiger charge is -2.16. The van der Waals surface area contributed by atoms with Crippen LogP contribution in [0.15, 0.2) is 53.5 Å². The number of methoxy groups -OCH3 is 1. The Morgan fingerprint density at radius 3 is 2.52 bits per heavy atom. The van der Waals surface area contributed by atoms with E-state index in [4.69, 9.17) is 0 Å². The molecule has 9 heteroatoms. The minimum absolute atomic E-state index is 0.0491. The van der Waals surface area contributed by atoms with Gasteiger partial charge in [-0.3, -0.25) is 14.6 Å². The molecule has 1 aliphatic rings. The second-order valence-electron chi connectivity index (χ2n) is 6.05. The Morgan fingerprint density at radius 1 is 1.21 bits per heavy atom. The zero-order chi connectivity index (χ0) is 21.0. The molecule has 1 N–H and O–H groups in total. The fraction of sp³-hybridized carbons (Fsp3) is 0.200. The van der Waals surface area contributed by atoms with E-state index in [1.54, 1.807) is 37.4 Å². The van der Waals surface area contributed by atoms with Crippen LogP contribution in [0.1, 0.15) is 16.8 Å². The summed E-state index contributed by atoms with van der Waals surface area (Å²) in [7, 11) is 2.85. The molecule has 1 fully saturated rings. The molecule has 0 saturated carbocycles. The van der Waals surface area contributed by atoms with Crippen molar-refractivity contribution in [3.8, 4) is 0 Å². The molecule has 150 valence electrons. The summed E-state index contributed by atoms with van der Waals surface area (Å²) < 4.78 is 18.7. The number of carbonyl (C=O) groups excluding carboxylic acids is 3. The minimum Gasteiger partial charge on any atom is -0.465 e. The third kappa shape index (κ3) is 4.45. The summed E-state index contributed by atoms with van der Waals surface area (Å²) in [5.74, 6) is -2.03. The van der Waals surface area contributed by atoms with Gasteiger partial charge < -0.3 is 10.1 Å². The van der Waals surface area contributed by atoms with Crippen LogP contribution in [0.2, 0.25) is 0 Å². The number of amidine groups is 1. The van der Waals surface area contributed by atoms with E-state index in [9.17, 15) is 18.8 Å². The van der Waals surface area contributed by atoms with E-state index in [2.05, 4.69) is 15.0 Å². The number of benzene rings is 2. The summed E-state index contributed by atoms with van der Waals surface area (Å²) in [5, 5.41) is 2.74. The minimum atomic E-state index is -0.720. The number of halogens is 1. The van der Waals surface area contributed by atoms with Gasteiger partial charge >= 0.3 is 5.97 Å². The Hall–Kier alpha value is -3.20. The summed E-state index contributed by atoms with van der Waals surface area (Å²) >= 11 is 1.09. The van der Waals surface area contributed by atoms with Crippen molar-refractivity contribution in [1.29, 1.82) is 0 Å². The predicted molar refractivity (Wildman–Crippen MR) is 110 cm³/mol. The van der Waals surface area contributed by atoms with Gasteiger partial charge in [-0.1, -0.05) is 23.9 Å². The van der Waals surface area contributed by atoms with E-state index >= 15 is 0 Å². The van der Waals surface area contributed by atoms with Crippen molar-refractivity contribution in [1.82, 2.24) is 0 Å². The van der Waals surface area contributed by atoms with Crippen molar-refractivity contribution < 1.29 is 23.5 Å². The number of imide groups is 1. The van der Waals surface area contributed by atoms with Crippen molar-refractivity contribution in [2.24, 2.45) is 4.99 Å². The maximum atomic E-state index is 14.0. The number of anilines is 2. The number of ether oxygens (including phenoxy) is 1. The Morgan fingerprint density at radius 2 is 1.90 bits per heavy atom. The molecule has 7 nitrogen and oxygen atoms in total. The Balaban J connectivity index is 1.70. The van der Waals surface area contributed by atoms with E-state index in [0.29, 0.717) is 16.4 Å². The Labute approximate surface area is 170 Å². The van der Waals surface area contributed by atoms with Gasteiger partial charge in [-0.2, -0.15) is 0 Å². The van der Waals surface area contributed by atoms with Crippen LogP contribution >= 0.6 is 11.8 Å². The molecule has 29 heavy (non-hydrogen) atoms. The summed E-state index contributed by atoms with van der Waals surface area (Å²) in [5.41, 5.74) is 0.998. The summed E-state index contributed by atoms with van der Waals surface area (Å²) in [6.45, 7) is 0.